The largest absolute Gasteiger partial charge is 0.708 e. The highest BCUT2D eigenvalue weighted by molar-refractivity contribution is 6.76. The smallest absolute Gasteiger partial charge is 0.497 e. The normalized spacial score (nSPS) is 11.4. The Labute approximate surface area is 131 Å². The summed E-state index contributed by atoms with van der Waals surface area (Å²) in [6, 6.07) is 0.995. The highest BCUT2D eigenvalue weighted by Crippen LogP contribution is 2.14. The lowest BCUT2D eigenvalue weighted by atomic mass is 10.3. The highest BCUT2D eigenvalue weighted by atomic mass is 28.3. The van der Waals surface area contributed by atoms with Crippen molar-refractivity contribution in [1.29, 1.82) is 0 Å². The van der Waals surface area contributed by atoms with E-state index in [0.717, 1.165) is 6.04 Å². The molecule has 0 saturated heterocycles. The zero-order chi connectivity index (χ0) is 16.8. The number of aromatic nitrogens is 2. The van der Waals surface area contributed by atoms with Crippen molar-refractivity contribution in [2.24, 2.45) is 0 Å². The molecule has 0 aliphatic carbocycles. The van der Waals surface area contributed by atoms with Gasteiger partial charge in [0.25, 0.3) is 0 Å². The van der Waals surface area contributed by atoms with Crippen LogP contribution in [0.4, 0.5) is 0 Å². The molecular weight excluding hydrogens is 307 g/mol. The monoisotopic (exact) mass is 330 g/mol. The molecule has 0 amide bonds. The summed E-state index contributed by atoms with van der Waals surface area (Å²) in [6.45, 7) is 9.31. The summed E-state index contributed by atoms with van der Waals surface area (Å²) < 4.78 is 16.5. The molecule has 8 nitrogen and oxygen atoms in total. The van der Waals surface area contributed by atoms with Gasteiger partial charge in [0.05, 0.1) is 12.8 Å². The van der Waals surface area contributed by atoms with Crippen LogP contribution in [0.5, 0.6) is 5.88 Å². The molecule has 1 heterocycles. The van der Waals surface area contributed by atoms with Gasteiger partial charge in [-0.2, -0.15) is 4.98 Å². The topological polar surface area (TPSA) is 103 Å². The molecule has 0 bridgehead atoms. The SMILES string of the molecule is CCOC(=O)c1nc(OB(O)O)cn1COCC[Si](C)(C)C. The van der Waals surface area contributed by atoms with Crippen LogP contribution in [-0.4, -0.2) is 54.2 Å². The van der Waals surface area contributed by atoms with E-state index in [4.69, 9.17) is 19.5 Å². The predicted octanol–water partition coefficient (Wildman–Crippen LogP) is 0.720. The summed E-state index contributed by atoms with van der Waals surface area (Å²) in [5, 5.41) is 17.6. The number of esters is 1. The second kappa shape index (κ2) is 8.32. The Morgan fingerprint density at radius 1 is 1.41 bits per heavy atom. The Hall–Kier alpha value is -1.36. The molecule has 124 valence electrons. The molecule has 0 unspecified atom stereocenters. The van der Waals surface area contributed by atoms with Crippen LogP contribution in [-0.2, 0) is 16.2 Å². The van der Waals surface area contributed by atoms with E-state index in [1.54, 1.807) is 6.92 Å². The third-order valence-electron chi connectivity index (χ3n) is 2.67. The summed E-state index contributed by atoms with van der Waals surface area (Å²) in [5.41, 5.74) is 0. The van der Waals surface area contributed by atoms with Gasteiger partial charge in [0.2, 0.25) is 11.7 Å². The lowest BCUT2D eigenvalue weighted by Gasteiger charge is -2.15. The number of carbonyl (C=O) groups is 1. The Balaban J connectivity index is 2.72. The molecule has 1 aromatic rings. The van der Waals surface area contributed by atoms with Crippen LogP contribution in [0.25, 0.3) is 0 Å². The maximum absolute atomic E-state index is 11.8. The van der Waals surface area contributed by atoms with Crippen molar-refractivity contribution in [1.82, 2.24) is 9.55 Å². The van der Waals surface area contributed by atoms with E-state index in [-0.39, 0.29) is 25.0 Å². The molecule has 0 spiro atoms. The molecule has 0 aromatic carbocycles. The van der Waals surface area contributed by atoms with Gasteiger partial charge in [0, 0.05) is 14.7 Å². The maximum Gasteiger partial charge on any atom is 0.708 e. The number of hydrogen-bond acceptors (Lipinski definition) is 7. The summed E-state index contributed by atoms with van der Waals surface area (Å²) in [6.07, 6.45) is 1.36. The molecule has 0 atom stereocenters. The van der Waals surface area contributed by atoms with Gasteiger partial charge in [-0.1, -0.05) is 19.6 Å². The third kappa shape index (κ3) is 6.60. The molecule has 0 saturated carbocycles. The molecule has 0 aliphatic heterocycles. The minimum Gasteiger partial charge on any atom is -0.497 e. The number of ether oxygens (including phenoxy) is 2. The Bertz CT molecular complexity index is 488. The van der Waals surface area contributed by atoms with Crippen LogP contribution in [0.3, 0.4) is 0 Å². The van der Waals surface area contributed by atoms with Gasteiger partial charge in [-0.25, -0.2) is 4.79 Å². The summed E-state index contributed by atoms with van der Waals surface area (Å²) >= 11 is 0. The predicted molar refractivity (Wildman–Crippen MR) is 83.1 cm³/mol. The van der Waals surface area contributed by atoms with Crippen molar-refractivity contribution in [3.8, 4) is 5.88 Å². The quantitative estimate of drug-likeness (QED) is 0.391. The molecule has 0 fully saturated rings. The van der Waals surface area contributed by atoms with Crippen LogP contribution >= 0.6 is 0 Å². The van der Waals surface area contributed by atoms with E-state index < -0.39 is 21.4 Å². The first-order valence-corrected chi connectivity index (χ1v) is 10.8. The van der Waals surface area contributed by atoms with Crippen LogP contribution < -0.4 is 4.65 Å². The van der Waals surface area contributed by atoms with Crippen LogP contribution in [0.15, 0.2) is 6.20 Å². The standard InChI is InChI=1S/C12H23BN2O6Si/c1-5-20-12(16)11-14-10(21-13(17)18)8-15(11)9-19-6-7-22(2,3)4/h8,17-18H,5-7,9H2,1-4H3. The van der Waals surface area contributed by atoms with Crippen LogP contribution in [0, 0.1) is 0 Å². The van der Waals surface area contributed by atoms with Crippen molar-refractivity contribution in [2.75, 3.05) is 13.2 Å². The van der Waals surface area contributed by atoms with E-state index >= 15 is 0 Å². The average molecular weight is 330 g/mol. The van der Waals surface area contributed by atoms with Gasteiger partial charge in [0.1, 0.15) is 6.73 Å². The van der Waals surface area contributed by atoms with Gasteiger partial charge >= 0.3 is 13.3 Å². The van der Waals surface area contributed by atoms with Crippen LogP contribution in [0.1, 0.15) is 17.5 Å². The van der Waals surface area contributed by atoms with Gasteiger partial charge in [-0.15, -0.1) is 0 Å². The number of imidazole rings is 1. The highest BCUT2D eigenvalue weighted by Gasteiger charge is 2.21. The fraction of sp³-hybridized carbons (Fsp3) is 0.667. The Kier molecular flexibility index (Phi) is 7.07. The molecule has 0 radical (unpaired) electrons. The number of hydrogen-bond donors (Lipinski definition) is 2. The summed E-state index contributed by atoms with van der Waals surface area (Å²) in [5.74, 6) is -0.726. The van der Waals surface area contributed by atoms with Gasteiger partial charge in [-0.3, -0.25) is 4.57 Å². The fourth-order valence-electron chi connectivity index (χ4n) is 1.55. The number of rotatable bonds is 9. The first kappa shape index (κ1) is 18.7. The van der Waals surface area contributed by atoms with E-state index in [1.165, 1.54) is 10.8 Å². The molecule has 1 rings (SSSR count). The summed E-state index contributed by atoms with van der Waals surface area (Å²) in [7, 11) is -3.20. The van der Waals surface area contributed by atoms with E-state index in [2.05, 4.69) is 29.3 Å². The second-order valence-electron chi connectivity index (χ2n) is 5.89. The first-order valence-electron chi connectivity index (χ1n) is 7.08. The van der Waals surface area contributed by atoms with Crippen molar-refractivity contribution in [3.63, 3.8) is 0 Å². The Morgan fingerprint density at radius 3 is 2.64 bits per heavy atom. The van der Waals surface area contributed by atoms with Gasteiger partial charge < -0.3 is 24.2 Å². The van der Waals surface area contributed by atoms with E-state index in [9.17, 15) is 4.79 Å². The van der Waals surface area contributed by atoms with Gasteiger partial charge in [0.15, 0.2) is 0 Å². The lowest BCUT2D eigenvalue weighted by Crippen LogP contribution is -2.22. The minimum atomic E-state index is -2.01. The average Bonchev–Trinajstić information content (AvgIpc) is 2.76. The van der Waals surface area contributed by atoms with Crippen molar-refractivity contribution >= 4 is 21.4 Å². The Morgan fingerprint density at radius 2 is 2.09 bits per heavy atom. The second-order valence-corrected chi connectivity index (χ2v) is 11.5. The zero-order valence-electron chi connectivity index (χ0n) is 13.4. The van der Waals surface area contributed by atoms with E-state index in [0.29, 0.717) is 6.61 Å². The van der Waals surface area contributed by atoms with Crippen molar-refractivity contribution in [2.45, 2.75) is 39.3 Å². The molecule has 2 N–H and O–H groups in total. The van der Waals surface area contributed by atoms with Crippen molar-refractivity contribution < 1.29 is 29.0 Å². The number of carbonyl (C=O) groups excluding carboxylic acids is 1. The molecular formula is C12H23BN2O6Si. The van der Waals surface area contributed by atoms with Crippen LogP contribution in [0.2, 0.25) is 25.7 Å². The van der Waals surface area contributed by atoms with Crippen molar-refractivity contribution in [3.05, 3.63) is 12.0 Å². The lowest BCUT2D eigenvalue weighted by molar-refractivity contribution is 0.0463. The molecule has 0 aliphatic rings. The minimum absolute atomic E-state index is 0.00879. The third-order valence-corrected chi connectivity index (χ3v) is 4.37. The van der Waals surface area contributed by atoms with E-state index in [1.807, 2.05) is 0 Å². The molecule has 22 heavy (non-hydrogen) atoms. The molecule has 1 aromatic heterocycles. The fourth-order valence-corrected chi connectivity index (χ4v) is 2.31. The van der Waals surface area contributed by atoms with Gasteiger partial charge in [-0.05, 0) is 13.0 Å². The zero-order valence-corrected chi connectivity index (χ0v) is 14.4. The summed E-state index contributed by atoms with van der Waals surface area (Å²) in [4.78, 5) is 15.7. The molecule has 10 heteroatoms. The maximum atomic E-state index is 11.8. The first-order chi connectivity index (χ1) is 10.2. The number of nitrogens with zero attached hydrogens (tertiary/aromatic N) is 2.